The molecule has 0 unspecified atom stereocenters. The molecule has 1 aromatic rings. The largest absolute Gasteiger partial charge is 0.0880 e. The normalized spacial score (nSPS) is 9.62. The predicted octanol–water partition coefficient (Wildman–Crippen LogP) is 4.38. The molecule has 0 heterocycles. The Balaban J connectivity index is 3.88. The zero-order valence-corrected chi connectivity index (χ0v) is 12.5. The number of benzene rings is 1. The summed E-state index contributed by atoms with van der Waals surface area (Å²) in [5.41, 5.74) is 2.42. The van der Waals surface area contributed by atoms with Gasteiger partial charge in [-0.05, 0) is 0 Å². The first-order valence-corrected chi connectivity index (χ1v) is 6.62. The van der Waals surface area contributed by atoms with Crippen LogP contribution in [0.5, 0.6) is 0 Å². The molecule has 0 atom stereocenters. The van der Waals surface area contributed by atoms with Crippen molar-refractivity contribution < 1.29 is 0 Å². The molecule has 0 spiro atoms. The quantitative estimate of drug-likeness (QED) is 0.754. The van der Waals surface area contributed by atoms with Crippen molar-refractivity contribution in [2.75, 3.05) is 0 Å². The molecule has 0 aliphatic heterocycles. The summed E-state index contributed by atoms with van der Waals surface area (Å²) in [6, 6.07) is 0. The van der Waals surface area contributed by atoms with Crippen molar-refractivity contribution in [2.45, 2.75) is 0 Å². The third-order valence-corrected chi connectivity index (χ3v) is 3.75. The molecule has 0 amide bonds. The van der Waals surface area contributed by atoms with Gasteiger partial charge in [-0.25, -0.2) is 0 Å². The van der Waals surface area contributed by atoms with Gasteiger partial charge in [0.1, 0.15) is 0 Å². The van der Waals surface area contributed by atoms with Crippen LogP contribution in [-0.2, 0) is 0 Å². The van der Waals surface area contributed by atoms with Crippen molar-refractivity contribution in [1.82, 2.24) is 0 Å². The van der Waals surface area contributed by atoms with Gasteiger partial charge in [0.05, 0.1) is 10.0 Å². The fourth-order valence-corrected chi connectivity index (χ4v) is 3.09. The summed E-state index contributed by atoms with van der Waals surface area (Å²) in [6.45, 7) is 0. The topological polar surface area (TPSA) is 0 Å². The molecule has 0 N–H and O–H groups in total. The Morgan fingerprint density at radius 3 is 0.875 bits per heavy atom. The second-order valence-electron chi connectivity index (χ2n) is 2.75. The summed E-state index contributed by atoms with van der Waals surface area (Å²) in [5.74, 6) is 0. The smallest absolute Gasteiger partial charge is 0.0581 e. The molecule has 0 nitrogen and oxygen atoms in total. The molecule has 0 saturated heterocycles. The molecule has 0 aliphatic carbocycles. The Morgan fingerprint density at radius 1 is 0.562 bits per heavy atom. The number of hydrogen-bond donors (Lipinski definition) is 0. The Labute approximate surface area is 125 Å². The summed E-state index contributed by atoms with van der Waals surface area (Å²) in [5, 5.41) is 6.59. The van der Waals surface area contributed by atoms with Crippen molar-refractivity contribution in [3.8, 4) is 0 Å². The van der Waals surface area contributed by atoms with E-state index < -0.39 is 0 Å². The van der Waals surface area contributed by atoms with Crippen LogP contribution in [0.2, 0.25) is 10.0 Å². The second-order valence-corrected chi connectivity index (χ2v) is 4.45. The van der Waals surface area contributed by atoms with Crippen molar-refractivity contribution >= 4 is 93.5 Å². The number of halogens is 2. The molecule has 0 aromatic heterocycles. The molecular weight excluding hydrogens is 319 g/mol. The van der Waals surface area contributed by atoms with Crippen molar-refractivity contribution in [2.24, 2.45) is 0 Å². The van der Waals surface area contributed by atoms with E-state index in [4.69, 9.17) is 72.1 Å². The van der Waals surface area contributed by atoms with Crippen LogP contribution in [0.1, 0.15) is 22.3 Å². The highest BCUT2D eigenvalue weighted by Gasteiger charge is 2.17. The van der Waals surface area contributed by atoms with E-state index >= 15 is 0 Å². The molecule has 82 valence electrons. The number of rotatable bonds is 4. The average molecular weight is 323 g/mol. The van der Waals surface area contributed by atoms with Gasteiger partial charge in [0.2, 0.25) is 0 Å². The zero-order valence-electron chi connectivity index (χ0n) is 7.70. The summed E-state index contributed by atoms with van der Waals surface area (Å²) in [4.78, 5) is 0. The van der Waals surface area contributed by atoms with Crippen molar-refractivity contribution in [1.29, 1.82) is 0 Å². The molecule has 0 radical (unpaired) electrons. The van der Waals surface area contributed by atoms with Gasteiger partial charge in [-0.15, -0.1) is 0 Å². The van der Waals surface area contributed by atoms with Crippen LogP contribution < -0.4 is 0 Å². The lowest BCUT2D eigenvalue weighted by molar-refractivity contribution is 1.61. The van der Waals surface area contributed by atoms with Gasteiger partial charge in [-0.2, -0.15) is 0 Å². The highest BCUT2D eigenvalue weighted by molar-refractivity contribution is 7.80. The first-order valence-electron chi connectivity index (χ1n) is 3.98. The fourth-order valence-electron chi connectivity index (χ4n) is 1.22. The van der Waals surface area contributed by atoms with E-state index in [0.717, 1.165) is 0 Å². The summed E-state index contributed by atoms with van der Waals surface area (Å²) < 4.78 is 0. The van der Waals surface area contributed by atoms with E-state index in [1.54, 1.807) is 0 Å². The van der Waals surface area contributed by atoms with Crippen LogP contribution in [0.25, 0.3) is 0 Å². The SMILES string of the molecule is S=Cc1c(Cl)c(C=S)c(C=S)c(Cl)c1C=S. The minimum atomic E-state index is 0.432. The van der Waals surface area contributed by atoms with Crippen molar-refractivity contribution in [3.63, 3.8) is 0 Å². The van der Waals surface area contributed by atoms with Crippen LogP contribution in [0, 0.1) is 0 Å². The molecule has 0 aliphatic rings. The highest BCUT2D eigenvalue weighted by atomic mass is 35.5. The van der Waals surface area contributed by atoms with Gasteiger partial charge >= 0.3 is 0 Å². The standard InChI is InChI=1S/C10H4Cl2S4/c11-9-5(1-13)6(2-14)10(12)8(4-16)7(9)3-15/h1-4H. The van der Waals surface area contributed by atoms with Gasteiger partial charge in [0.25, 0.3) is 0 Å². The number of hydrogen-bond acceptors (Lipinski definition) is 4. The van der Waals surface area contributed by atoms with Crippen LogP contribution in [0.15, 0.2) is 0 Å². The molecule has 0 fully saturated rings. The monoisotopic (exact) mass is 322 g/mol. The van der Waals surface area contributed by atoms with Crippen LogP contribution in [0.4, 0.5) is 0 Å². The highest BCUT2D eigenvalue weighted by Crippen LogP contribution is 2.32. The predicted molar refractivity (Wildman–Crippen MR) is 87.5 cm³/mol. The van der Waals surface area contributed by atoms with Crippen LogP contribution in [-0.4, -0.2) is 21.5 Å². The van der Waals surface area contributed by atoms with E-state index in [1.165, 1.54) is 21.5 Å². The van der Waals surface area contributed by atoms with E-state index in [9.17, 15) is 0 Å². The molecule has 1 aromatic carbocycles. The molecular formula is C10H4Cl2S4. The lowest BCUT2D eigenvalue weighted by Crippen LogP contribution is -2.02. The second kappa shape index (κ2) is 6.19. The maximum Gasteiger partial charge on any atom is 0.0581 e. The lowest BCUT2D eigenvalue weighted by atomic mass is 10.0. The summed E-state index contributed by atoms with van der Waals surface area (Å²) in [7, 11) is 0. The Hall–Kier alpha value is 0.160. The van der Waals surface area contributed by atoms with Gasteiger partial charge < -0.3 is 0 Å². The zero-order chi connectivity index (χ0) is 12.3. The summed E-state index contributed by atoms with van der Waals surface area (Å²) >= 11 is 31.9. The van der Waals surface area contributed by atoms with E-state index in [0.29, 0.717) is 32.3 Å². The molecule has 16 heavy (non-hydrogen) atoms. The van der Waals surface area contributed by atoms with Crippen LogP contribution >= 0.6 is 72.1 Å². The molecule has 0 bridgehead atoms. The van der Waals surface area contributed by atoms with Crippen LogP contribution in [0.3, 0.4) is 0 Å². The minimum Gasteiger partial charge on any atom is -0.0880 e. The molecule has 1 rings (SSSR count). The van der Waals surface area contributed by atoms with Gasteiger partial charge in [-0.3, -0.25) is 0 Å². The van der Waals surface area contributed by atoms with E-state index in [1.807, 2.05) is 0 Å². The number of thiocarbonyl (C=S) groups is 4. The maximum absolute atomic E-state index is 6.16. The van der Waals surface area contributed by atoms with Gasteiger partial charge in [0, 0.05) is 43.7 Å². The lowest BCUT2D eigenvalue weighted by Gasteiger charge is -2.12. The first-order chi connectivity index (χ1) is 7.62. The van der Waals surface area contributed by atoms with Gasteiger partial charge in [-0.1, -0.05) is 72.1 Å². The first kappa shape index (κ1) is 14.2. The average Bonchev–Trinajstić information content (AvgIpc) is 2.30. The van der Waals surface area contributed by atoms with E-state index in [2.05, 4.69) is 0 Å². The van der Waals surface area contributed by atoms with E-state index in [-0.39, 0.29) is 0 Å². The molecule has 0 saturated carbocycles. The maximum atomic E-state index is 6.16. The Kier molecular flexibility index (Phi) is 5.50. The fraction of sp³-hybridized carbons (Fsp3) is 0. The Bertz CT molecular complexity index is 408. The molecule has 6 heteroatoms. The minimum absolute atomic E-state index is 0.432. The summed E-state index contributed by atoms with van der Waals surface area (Å²) in [6.07, 6.45) is 0. The van der Waals surface area contributed by atoms with Gasteiger partial charge in [0.15, 0.2) is 0 Å². The van der Waals surface area contributed by atoms with Crippen molar-refractivity contribution in [3.05, 3.63) is 32.3 Å². The third-order valence-electron chi connectivity index (χ3n) is 2.00. The Morgan fingerprint density at radius 2 is 0.750 bits per heavy atom. The third kappa shape index (κ3) is 2.37.